The number of nitrogens with zero attached hydrogens (tertiary/aromatic N) is 3. The minimum absolute atomic E-state index is 0.0895. The van der Waals surface area contributed by atoms with Crippen LogP contribution in [0.5, 0.6) is 0 Å². The van der Waals surface area contributed by atoms with E-state index in [2.05, 4.69) is 40.2 Å². The zero-order chi connectivity index (χ0) is 29.0. The molecule has 0 saturated heterocycles. The van der Waals surface area contributed by atoms with Crippen LogP contribution in [0.25, 0.3) is 0 Å². The van der Waals surface area contributed by atoms with Gasteiger partial charge in [-0.05, 0) is 92.2 Å². The van der Waals surface area contributed by atoms with E-state index in [1.807, 2.05) is 12.1 Å². The molecule has 0 aliphatic heterocycles. The Morgan fingerprint density at radius 3 is 2.29 bits per heavy atom. The van der Waals surface area contributed by atoms with Crippen LogP contribution >= 0.6 is 0 Å². The van der Waals surface area contributed by atoms with Gasteiger partial charge in [0.2, 0.25) is 11.2 Å². The van der Waals surface area contributed by atoms with Crippen molar-refractivity contribution in [1.29, 1.82) is 0 Å². The predicted octanol–water partition coefficient (Wildman–Crippen LogP) is 4.19. The summed E-state index contributed by atoms with van der Waals surface area (Å²) < 4.78 is 32.4. The fourth-order valence-electron chi connectivity index (χ4n) is 5.40. The highest BCUT2D eigenvalue weighted by Crippen LogP contribution is 2.42. The minimum Gasteiger partial charge on any atom is -0.325 e. The van der Waals surface area contributed by atoms with Gasteiger partial charge in [-0.25, -0.2) is 13.2 Å². The molecule has 2 fully saturated rings. The second-order valence-electron chi connectivity index (χ2n) is 11.3. The van der Waals surface area contributed by atoms with Gasteiger partial charge in [0.1, 0.15) is 5.75 Å². The van der Waals surface area contributed by atoms with Gasteiger partial charge in [0, 0.05) is 30.8 Å². The van der Waals surface area contributed by atoms with Crippen LogP contribution in [-0.4, -0.2) is 56.9 Å². The summed E-state index contributed by atoms with van der Waals surface area (Å²) >= 11 is 0. The van der Waals surface area contributed by atoms with Crippen molar-refractivity contribution in [1.82, 2.24) is 10.2 Å². The van der Waals surface area contributed by atoms with E-state index in [4.69, 9.17) is 4.52 Å². The summed E-state index contributed by atoms with van der Waals surface area (Å²) in [4.78, 5) is 27.8. The highest BCUT2D eigenvalue weighted by atomic mass is 32.2. The Bertz CT molecular complexity index is 1480. The molecule has 0 radical (unpaired) electrons. The van der Waals surface area contributed by atoms with Crippen LogP contribution in [0.3, 0.4) is 0 Å². The number of aromatic nitrogens is 2. The van der Waals surface area contributed by atoms with Crippen LogP contribution in [0, 0.1) is 5.92 Å². The number of hydrogen-bond donors (Lipinski definition) is 3. The van der Waals surface area contributed by atoms with Crippen molar-refractivity contribution >= 4 is 39.0 Å². The van der Waals surface area contributed by atoms with E-state index in [9.17, 15) is 18.0 Å². The summed E-state index contributed by atoms with van der Waals surface area (Å²) in [6.45, 7) is 1.09. The molecule has 3 amide bonds. The van der Waals surface area contributed by atoms with E-state index in [-0.39, 0.29) is 16.8 Å². The van der Waals surface area contributed by atoms with E-state index in [1.54, 1.807) is 35.1 Å². The second kappa shape index (κ2) is 12.4. The van der Waals surface area contributed by atoms with Gasteiger partial charge in [0.15, 0.2) is 15.9 Å². The van der Waals surface area contributed by atoms with Crippen LogP contribution < -0.4 is 20.6 Å². The van der Waals surface area contributed by atoms with E-state index < -0.39 is 27.5 Å². The first kappa shape index (κ1) is 28.7. The normalized spacial score (nSPS) is 19.1. The molecule has 11 nitrogen and oxygen atoms in total. The van der Waals surface area contributed by atoms with Crippen molar-refractivity contribution in [3.8, 4) is 0 Å². The van der Waals surface area contributed by atoms with E-state index >= 15 is 0 Å². The first-order chi connectivity index (χ1) is 19.6. The molecule has 3 N–H and O–H groups in total. The summed E-state index contributed by atoms with van der Waals surface area (Å²) in [5, 5.41) is 12.3. The Labute approximate surface area is 240 Å². The number of rotatable bonds is 10. The number of sulfone groups is 1. The summed E-state index contributed by atoms with van der Waals surface area (Å²) in [5.74, 6) is -0.0809. The standard InChI is InChI=1S/C29H36N6O5S/c1-34(2)17-20-8-12-25(13-9-20)35-18-28(40-33-35)32-29(37)31-24-15-22(21-10-11-21)14-23(16-24)30-27(36)19-41(38,39)26-6-4-3-5-7-26/h3-7,14-16,18,20-21,25H,8-13,17,19H2,1-2H3,(H2-,30,31,32,33,36,37)/p+1. The average molecular weight is 582 g/mol. The predicted molar refractivity (Wildman–Crippen MR) is 154 cm³/mol. The van der Waals surface area contributed by atoms with Gasteiger partial charge < -0.3 is 15.5 Å². The second-order valence-corrected chi connectivity index (χ2v) is 13.3. The van der Waals surface area contributed by atoms with Gasteiger partial charge in [-0.15, -0.1) is 0 Å². The molecular formula is C29H37N6O5S+. The third kappa shape index (κ3) is 7.92. The van der Waals surface area contributed by atoms with Crippen LogP contribution in [0.4, 0.5) is 22.1 Å². The van der Waals surface area contributed by atoms with E-state index in [0.29, 0.717) is 23.2 Å². The zero-order valence-corrected chi connectivity index (χ0v) is 24.2. The van der Waals surface area contributed by atoms with Gasteiger partial charge in [-0.2, -0.15) is 0 Å². The first-order valence-corrected chi connectivity index (χ1v) is 15.6. The molecule has 5 rings (SSSR count). The number of carbonyl (C=O) groups is 2. The highest BCUT2D eigenvalue weighted by molar-refractivity contribution is 7.92. The van der Waals surface area contributed by atoms with Crippen LogP contribution in [0.1, 0.15) is 56.0 Å². The average Bonchev–Trinajstić information content (AvgIpc) is 3.68. The molecule has 0 spiro atoms. The van der Waals surface area contributed by atoms with Crippen LogP contribution in [0.2, 0.25) is 0 Å². The molecule has 3 aromatic rings. The summed E-state index contributed by atoms with van der Waals surface area (Å²) in [6, 6.07) is 12.9. The monoisotopic (exact) mass is 581 g/mol. The number of amides is 3. The number of nitrogens with one attached hydrogen (secondary N) is 3. The van der Waals surface area contributed by atoms with Crippen molar-refractivity contribution < 1.29 is 27.2 Å². The molecule has 2 aliphatic rings. The lowest BCUT2D eigenvalue weighted by atomic mass is 9.86. The Kier molecular flexibility index (Phi) is 8.69. The van der Waals surface area contributed by atoms with Gasteiger partial charge in [0.05, 0.1) is 4.90 Å². The Morgan fingerprint density at radius 1 is 0.951 bits per heavy atom. The molecule has 2 aromatic carbocycles. The van der Waals surface area contributed by atoms with Gasteiger partial charge in [-0.3, -0.25) is 14.6 Å². The number of hydrogen-bond acceptors (Lipinski definition) is 7. The largest absolute Gasteiger partial charge is 0.326 e. The summed E-state index contributed by atoms with van der Waals surface area (Å²) in [7, 11) is 0.412. The molecule has 0 unspecified atom stereocenters. The maximum absolute atomic E-state index is 12.8. The highest BCUT2D eigenvalue weighted by Gasteiger charge is 2.31. The third-order valence-corrected chi connectivity index (χ3v) is 9.14. The lowest BCUT2D eigenvalue weighted by Gasteiger charge is -2.26. The number of anilines is 3. The quantitative estimate of drug-likeness (QED) is 0.305. The first-order valence-electron chi connectivity index (χ1n) is 14.0. The van der Waals surface area contributed by atoms with E-state index in [1.165, 1.54) is 12.1 Å². The fourth-order valence-corrected chi connectivity index (χ4v) is 6.55. The molecule has 41 heavy (non-hydrogen) atoms. The van der Waals surface area contributed by atoms with Crippen LogP contribution in [-0.2, 0) is 14.6 Å². The van der Waals surface area contributed by atoms with Crippen molar-refractivity contribution in [2.45, 2.75) is 55.4 Å². The van der Waals surface area contributed by atoms with E-state index in [0.717, 1.165) is 50.6 Å². The van der Waals surface area contributed by atoms with Crippen molar-refractivity contribution in [2.75, 3.05) is 42.3 Å². The molecule has 1 aromatic heterocycles. The van der Waals surface area contributed by atoms with Gasteiger partial charge >= 0.3 is 11.9 Å². The zero-order valence-electron chi connectivity index (χ0n) is 23.4. The topological polar surface area (TPSA) is 138 Å². The SMILES string of the molecule is CN(C)CC1CCC([n+]2cc(NC(=O)Nc3cc(NC(=O)CS(=O)(=O)c4ccccc4)cc(C4CC4)c3)on2)CC1. The number of carbonyl (C=O) groups excluding carboxylic acids is 2. The lowest BCUT2D eigenvalue weighted by Crippen LogP contribution is -2.43. The Morgan fingerprint density at radius 2 is 1.63 bits per heavy atom. The van der Waals surface area contributed by atoms with Gasteiger partial charge in [-0.1, -0.05) is 18.2 Å². The van der Waals surface area contributed by atoms with Crippen LogP contribution in [0.15, 0.2) is 64.1 Å². The molecule has 0 atom stereocenters. The third-order valence-electron chi connectivity index (χ3n) is 7.50. The smallest absolute Gasteiger partial charge is 0.325 e. The molecule has 12 heteroatoms. The number of urea groups is 1. The van der Waals surface area contributed by atoms with Crippen molar-refractivity contribution in [2.24, 2.45) is 5.92 Å². The van der Waals surface area contributed by atoms with Crippen molar-refractivity contribution in [3.63, 3.8) is 0 Å². The number of benzene rings is 2. The maximum atomic E-state index is 12.8. The molecule has 218 valence electrons. The Hall–Kier alpha value is -3.77. The molecule has 2 saturated carbocycles. The molecule has 2 aliphatic carbocycles. The molecule has 0 bridgehead atoms. The lowest BCUT2D eigenvalue weighted by molar-refractivity contribution is -0.787. The fraction of sp³-hybridized carbons (Fsp3) is 0.448. The summed E-state index contributed by atoms with van der Waals surface area (Å²) in [6.07, 6.45) is 8.00. The molecule has 1 heterocycles. The van der Waals surface area contributed by atoms with Gasteiger partial charge in [0.25, 0.3) is 6.20 Å². The minimum atomic E-state index is -3.78. The maximum Gasteiger partial charge on any atom is 0.326 e. The van der Waals surface area contributed by atoms with Crippen molar-refractivity contribution in [3.05, 3.63) is 60.3 Å². The summed E-state index contributed by atoms with van der Waals surface area (Å²) in [5.41, 5.74) is 1.85. The Balaban J connectivity index is 1.19. The molecular weight excluding hydrogens is 544 g/mol.